The van der Waals surface area contributed by atoms with Gasteiger partial charge in [-0.2, -0.15) is 0 Å². The molecule has 0 heterocycles. The highest BCUT2D eigenvalue weighted by Crippen LogP contribution is 2.41. The molecule has 0 aliphatic heterocycles. The number of hydrogen-bond donors (Lipinski definition) is 0. The molecule has 0 aromatic carbocycles. The molecule has 0 aromatic heterocycles. The lowest BCUT2D eigenvalue weighted by Crippen LogP contribution is -2.26. The number of carbonyl (C=O) groups excluding carboxylic acids is 1. The van der Waals surface area contributed by atoms with Gasteiger partial charge in [0.1, 0.15) is 5.76 Å². The van der Waals surface area contributed by atoms with Gasteiger partial charge in [0.2, 0.25) is 0 Å². The standard InChI is InChI=1S/C17H26O2/c1-6-8-16(18)19-14(3)10-11-15-13(2)9-7-12-17(15,4)5/h9-11,15H,3,6-8,12H2,1-2,4-5H3/b11-10+. The molecule has 2 nitrogen and oxygen atoms in total. The SMILES string of the molecule is C=C(/C=C/C1C(C)=CCCC1(C)C)OC(=O)CCC. The van der Waals surface area contributed by atoms with E-state index in [4.69, 9.17) is 4.74 Å². The summed E-state index contributed by atoms with van der Waals surface area (Å²) in [6, 6.07) is 0. The van der Waals surface area contributed by atoms with Crippen LogP contribution in [0, 0.1) is 11.3 Å². The van der Waals surface area contributed by atoms with Crippen molar-refractivity contribution in [2.45, 2.75) is 53.4 Å². The molecule has 1 aliphatic carbocycles. The molecule has 0 saturated carbocycles. The normalized spacial score (nSPS) is 22.1. The first-order valence-electron chi connectivity index (χ1n) is 7.11. The minimum atomic E-state index is -0.202. The zero-order valence-corrected chi connectivity index (χ0v) is 12.7. The molecular weight excluding hydrogens is 236 g/mol. The van der Waals surface area contributed by atoms with E-state index < -0.39 is 0 Å². The molecule has 0 radical (unpaired) electrons. The summed E-state index contributed by atoms with van der Waals surface area (Å²) in [7, 11) is 0. The minimum Gasteiger partial charge on any atom is -0.427 e. The largest absolute Gasteiger partial charge is 0.427 e. The Labute approximate surface area is 117 Å². The van der Waals surface area contributed by atoms with Crippen LogP contribution in [0.2, 0.25) is 0 Å². The van der Waals surface area contributed by atoms with Crippen LogP contribution in [-0.4, -0.2) is 5.97 Å². The third-order valence-corrected chi connectivity index (χ3v) is 3.76. The molecule has 1 rings (SSSR count). The Morgan fingerprint density at radius 3 is 2.84 bits per heavy atom. The number of esters is 1. The Morgan fingerprint density at radius 1 is 1.58 bits per heavy atom. The summed E-state index contributed by atoms with van der Waals surface area (Å²) < 4.78 is 5.15. The van der Waals surface area contributed by atoms with Crippen LogP contribution in [0.3, 0.4) is 0 Å². The van der Waals surface area contributed by atoms with Gasteiger partial charge in [-0.3, -0.25) is 4.79 Å². The maximum absolute atomic E-state index is 11.4. The highest BCUT2D eigenvalue weighted by molar-refractivity contribution is 5.70. The van der Waals surface area contributed by atoms with E-state index >= 15 is 0 Å². The van der Waals surface area contributed by atoms with Gasteiger partial charge in [-0.1, -0.05) is 45.1 Å². The third kappa shape index (κ3) is 4.70. The second-order valence-electron chi connectivity index (χ2n) is 6.00. The Kier molecular flexibility index (Phi) is 5.59. The van der Waals surface area contributed by atoms with Gasteiger partial charge in [-0.25, -0.2) is 0 Å². The predicted octanol–water partition coefficient (Wildman–Crippen LogP) is 4.78. The Balaban J connectivity index is 2.64. The number of ether oxygens (including phenoxy) is 1. The lowest BCUT2D eigenvalue weighted by molar-refractivity contribution is -0.138. The molecule has 19 heavy (non-hydrogen) atoms. The van der Waals surface area contributed by atoms with Crippen molar-refractivity contribution in [1.82, 2.24) is 0 Å². The molecule has 0 amide bonds. The third-order valence-electron chi connectivity index (χ3n) is 3.76. The van der Waals surface area contributed by atoms with Crippen molar-refractivity contribution in [2.24, 2.45) is 11.3 Å². The summed E-state index contributed by atoms with van der Waals surface area (Å²) in [5.74, 6) is 0.628. The van der Waals surface area contributed by atoms with Gasteiger partial charge < -0.3 is 4.74 Å². The van der Waals surface area contributed by atoms with Crippen LogP contribution >= 0.6 is 0 Å². The Bertz CT molecular complexity index is 399. The molecule has 0 saturated heterocycles. The van der Waals surface area contributed by atoms with Crippen LogP contribution < -0.4 is 0 Å². The summed E-state index contributed by atoms with van der Waals surface area (Å²) in [6.45, 7) is 12.5. The van der Waals surface area contributed by atoms with Crippen molar-refractivity contribution in [3.8, 4) is 0 Å². The van der Waals surface area contributed by atoms with Crippen LogP contribution in [-0.2, 0) is 9.53 Å². The molecular formula is C17H26O2. The van der Waals surface area contributed by atoms with Crippen LogP contribution in [0.4, 0.5) is 0 Å². The zero-order chi connectivity index (χ0) is 14.5. The van der Waals surface area contributed by atoms with Gasteiger partial charge in [-0.15, -0.1) is 0 Å². The van der Waals surface area contributed by atoms with E-state index in [9.17, 15) is 4.79 Å². The van der Waals surface area contributed by atoms with Crippen molar-refractivity contribution in [3.63, 3.8) is 0 Å². The summed E-state index contributed by atoms with van der Waals surface area (Å²) in [6.07, 6.45) is 9.83. The molecule has 1 unspecified atom stereocenters. The van der Waals surface area contributed by atoms with Gasteiger partial charge in [-0.05, 0) is 37.7 Å². The molecule has 0 aromatic rings. The van der Waals surface area contributed by atoms with Gasteiger partial charge in [0.15, 0.2) is 0 Å². The van der Waals surface area contributed by atoms with E-state index in [-0.39, 0.29) is 11.4 Å². The molecule has 2 heteroatoms. The minimum absolute atomic E-state index is 0.202. The molecule has 0 bridgehead atoms. The molecule has 0 fully saturated rings. The number of rotatable bonds is 5. The highest BCUT2D eigenvalue weighted by Gasteiger charge is 2.30. The molecule has 106 valence electrons. The number of hydrogen-bond acceptors (Lipinski definition) is 2. The monoisotopic (exact) mass is 262 g/mol. The quantitative estimate of drug-likeness (QED) is 0.308. The van der Waals surface area contributed by atoms with E-state index in [0.29, 0.717) is 18.1 Å². The summed E-state index contributed by atoms with van der Waals surface area (Å²) in [5, 5.41) is 0. The fraction of sp³-hybridized carbons (Fsp3) is 0.588. The van der Waals surface area contributed by atoms with E-state index in [2.05, 4.69) is 39.5 Å². The van der Waals surface area contributed by atoms with Gasteiger partial charge in [0.05, 0.1) is 0 Å². The van der Waals surface area contributed by atoms with E-state index in [0.717, 1.165) is 12.8 Å². The van der Waals surface area contributed by atoms with Crippen molar-refractivity contribution < 1.29 is 9.53 Å². The summed E-state index contributed by atoms with van der Waals surface area (Å²) in [4.78, 5) is 11.4. The van der Waals surface area contributed by atoms with Gasteiger partial charge >= 0.3 is 5.97 Å². The number of allylic oxidation sites excluding steroid dienone is 4. The average Bonchev–Trinajstić information content (AvgIpc) is 2.27. The molecule has 0 N–H and O–H groups in total. The zero-order valence-electron chi connectivity index (χ0n) is 12.7. The fourth-order valence-corrected chi connectivity index (χ4v) is 2.62. The van der Waals surface area contributed by atoms with Crippen molar-refractivity contribution >= 4 is 5.97 Å². The topological polar surface area (TPSA) is 26.3 Å². The second kappa shape index (κ2) is 6.74. The van der Waals surface area contributed by atoms with E-state index in [1.54, 1.807) is 0 Å². The first-order valence-corrected chi connectivity index (χ1v) is 7.11. The molecule has 1 atom stereocenters. The van der Waals surface area contributed by atoms with E-state index in [1.807, 2.05) is 13.0 Å². The maximum atomic E-state index is 11.4. The van der Waals surface area contributed by atoms with Crippen molar-refractivity contribution in [3.05, 3.63) is 36.1 Å². The predicted molar refractivity (Wildman–Crippen MR) is 79.5 cm³/mol. The number of carbonyl (C=O) groups is 1. The lowest BCUT2D eigenvalue weighted by atomic mass is 9.68. The van der Waals surface area contributed by atoms with Crippen molar-refractivity contribution in [1.29, 1.82) is 0 Å². The van der Waals surface area contributed by atoms with Crippen LogP contribution in [0.1, 0.15) is 53.4 Å². The van der Waals surface area contributed by atoms with Gasteiger partial charge in [0.25, 0.3) is 0 Å². The summed E-state index contributed by atoms with van der Waals surface area (Å²) >= 11 is 0. The Morgan fingerprint density at radius 2 is 2.26 bits per heavy atom. The second-order valence-corrected chi connectivity index (χ2v) is 6.00. The fourth-order valence-electron chi connectivity index (χ4n) is 2.62. The van der Waals surface area contributed by atoms with Crippen molar-refractivity contribution in [2.75, 3.05) is 0 Å². The van der Waals surface area contributed by atoms with Crippen LogP contribution in [0.15, 0.2) is 36.1 Å². The lowest BCUT2D eigenvalue weighted by Gasteiger charge is -2.36. The first-order chi connectivity index (χ1) is 8.86. The average molecular weight is 262 g/mol. The smallest absolute Gasteiger partial charge is 0.311 e. The van der Waals surface area contributed by atoms with Crippen LogP contribution in [0.5, 0.6) is 0 Å². The molecule has 1 aliphatic rings. The summed E-state index contributed by atoms with van der Waals surface area (Å²) in [5.41, 5.74) is 1.64. The Hall–Kier alpha value is -1.31. The van der Waals surface area contributed by atoms with Gasteiger partial charge in [0, 0.05) is 12.3 Å². The van der Waals surface area contributed by atoms with E-state index in [1.165, 1.54) is 12.0 Å². The molecule has 0 spiro atoms. The van der Waals surface area contributed by atoms with Crippen LogP contribution in [0.25, 0.3) is 0 Å². The first kappa shape index (κ1) is 15.7. The maximum Gasteiger partial charge on any atom is 0.311 e. The highest BCUT2D eigenvalue weighted by atomic mass is 16.5.